The van der Waals surface area contributed by atoms with Gasteiger partial charge in [0.25, 0.3) is 0 Å². The van der Waals surface area contributed by atoms with E-state index in [1.54, 1.807) is 11.6 Å². The first-order valence-corrected chi connectivity index (χ1v) is 6.82. The highest BCUT2D eigenvalue weighted by molar-refractivity contribution is 5.61. The molecule has 1 heterocycles. The number of hydrogen-bond acceptors (Lipinski definition) is 5. The van der Waals surface area contributed by atoms with E-state index in [9.17, 15) is 10.1 Å². The van der Waals surface area contributed by atoms with Crippen molar-refractivity contribution in [3.05, 3.63) is 15.8 Å². The first kappa shape index (κ1) is 16.0. The number of aromatic nitrogens is 2. The summed E-state index contributed by atoms with van der Waals surface area (Å²) in [6.07, 6.45) is 0.844. The van der Waals surface area contributed by atoms with Gasteiger partial charge >= 0.3 is 5.69 Å². The molecule has 0 bridgehead atoms. The maximum Gasteiger partial charge on any atom is 0.333 e. The molecule has 7 heteroatoms. The number of hydrogen-bond donors (Lipinski definition) is 0. The first-order valence-electron chi connectivity index (χ1n) is 6.82. The van der Waals surface area contributed by atoms with Crippen LogP contribution >= 0.6 is 0 Å². The Labute approximate surface area is 118 Å². The molecule has 1 aromatic rings. The standard InChI is InChI=1S/C13H21N5O2/c1-5-7-17-13(12(18(19)20)11(4)15-17)16(6-2)9-10(3)8-14/h10H,5-7,9H2,1-4H3. The van der Waals surface area contributed by atoms with Crippen LogP contribution in [-0.4, -0.2) is 27.8 Å². The molecule has 1 aromatic heterocycles. The van der Waals surface area contributed by atoms with Crippen molar-refractivity contribution in [2.45, 2.75) is 40.7 Å². The van der Waals surface area contributed by atoms with Gasteiger partial charge in [0.15, 0.2) is 0 Å². The van der Waals surface area contributed by atoms with E-state index < -0.39 is 0 Å². The van der Waals surface area contributed by atoms with Gasteiger partial charge in [0.05, 0.1) is 16.9 Å². The minimum absolute atomic E-state index is 0.0467. The normalized spacial score (nSPS) is 11.9. The van der Waals surface area contributed by atoms with Gasteiger partial charge in [0, 0.05) is 19.6 Å². The zero-order chi connectivity index (χ0) is 15.3. The van der Waals surface area contributed by atoms with Crippen LogP contribution in [0.5, 0.6) is 0 Å². The Balaban J connectivity index is 3.30. The Bertz CT molecular complexity index is 518. The van der Waals surface area contributed by atoms with Gasteiger partial charge in [-0.25, -0.2) is 4.68 Å². The summed E-state index contributed by atoms with van der Waals surface area (Å²) in [4.78, 5) is 12.8. The molecule has 7 nitrogen and oxygen atoms in total. The molecule has 0 aliphatic carbocycles. The molecule has 1 rings (SSSR count). The van der Waals surface area contributed by atoms with Crippen molar-refractivity contribution >= 4 is 11.5 Å². The molecular formula is C13H21N5O2. The van der Waals surface area contributed by atoms with Gasteiger partial charge in [-0.15, -0.1) is 0 Å². The summed E-state index contributed by atoms with van der Waals surface area (Å²) < 4.78 is 1.68. The van der Waals surface area contributed by atoms with Crippen LogP contribution in [0.4, 0.5) is 11.5 Å². The van der Waals surface area contributed by atoms with Gasteiger partial charge in [-0.1, -0.05) is 6.92 Å². The molecule has 1 atom stereocenters. The SMILES string of the molecule is CCCn1nc(C)c([N+](=O)[O-])c1N(CC)CC(C)C#N. The Morgan fingerprint density at radius 2 is 2.20 bits per heavy atom. The molecule has 0 aromatic carbocycles. The molecule has 0 aliphatic heterocycles. The summed E-state index contributed by atoms with van der Waals surface area (Å²) in [7, 11) is 0. The van der Waals surface area contributed by atoms with E-state index in [4.69, 9.17) is 5.26 Å². The second-order valence-electron chi connectivity index (χ2n) is 4.81. The number of nitro groups is 1. The molecule has 0 saturated carbocycles. The molecule has 1 unspecified atom stereocenters. The van der Waals surface area contributed by atoms with E-state index in [2.05, 4.69) is 11.2 Å². The molecule has 110 valence electrons. The summed E-state index contributed by atoms with van der Waals surface area (Å²) in [5.41, 5.74) is 0.465. The fourth-order valence-electron chi connectivity index (χ4n) is 2.19. The molecule has 0 spiro atoms. The largest absolute Gasteiger partial charge is 0.350 e. The second-order valence-corrected chi connectivity index (χ2v) is 4.81. The van der Waals surface area contributed by atoms with E-state index in [-0.39, 0.29) is 16.5 Å². The molecule has 0 saturated heterocycles. The van der Waals surface area contributed by atoms with Crippen molar-refractivity contribution in [3.8, 4) is 6.07 Å². The van der Waals surface area contributed by atoms with Gasteiger partial charge in [-0.3, -0.25) is 10.1 Å². The van der Waals surface area contributed by atoms with Crippen LogP contribution in [-0.2, 0) is 6.54 Å². The summed E-state index contributed by atoms with van der Waals surface area (Å²) in [6, 6.07) is 2.17. The van der Waals surface area contributed by atoms with Gasteiger partial charge < -0.3 is 4.90 Å². The van der Waals surface area contributed by atoms with Gasteiger partial charge in [0.2, 0.25) is 5.82 Å². The van der Waals surface area contributed by atoms with Crippen LogP contribution in [0.3, 0.4) is 0 Å². The lowest BCUT2D eigenvalue weighted by atomic mass is 10.2. The predicted octanol–water partition coefficient (Wildman–Crippen LogP) is 2.50. The Morgan fingerprint density at radius 3 is 2.65 bits per heavy atom. The topological polar surface area (TPSA) is 88.0 Å². The molecule has 0 fully saturated rings. The molecule has 0 aliphatic rings. The zero-order valence-electron chi connectivity index (χ0n) is 12.5. The number of rotatable bonds is 7. The summed E-state index contributed by atoms with van der Waals surface area (Å²) in [5, 5.41) is 24.5. The minimum Gasteiger partial charge on any atom is -0.350 e. The van der Waals surface area contributed by atoms with E-state index >= 15 is 0 Å². The number of aryl methyl sites for hydroxylation is 2. The number of nitrogens with zero attached hydrogens (tertiary/aromatic N) is 5. The van der Waals surface area contributed by atoms with Crippen molar-refractivity contribution in [1.82, 2.24) is 9.78 Å². The lowest BCUT2D eigenvalue weighted by Crippen LogP contribution is -2.30. The average molecular weight is 279 g/mol. The zero-order valence-corrected chi connectivity index (χ0v) is 12.5. The fourth-order valence-corrected chi connectivity index (χ4v) is 2.19. The maximum absolute atomic E-state index is 11.3. The van der Waals surface area contributed by atoms with Gasteiger partial charge in [-0.05, 0) is 27.2 Å². The molecule has 0 radical (unpaired) electrons. The third-order valence-corrected chi connectivity index (χ3v) is 3.08. The monoisotopic (exact) mass is 279 g/mol. The third-order valence-electron chi connectivity index (χ3n) is 3.08. The Hall–Kier alpha value is -2.10. The van der Waals surface area contributed by atoms with Crippen molar-refractivity contribution in [2.75, 3.05) is 18.0 Å². The lowest BCUT2D eigenvalue weighted by Gasteiger charge is -2.23. The van der Waals surface area contributed by atoms with E-state index in [1.165, 1.54) is 0 Å². The van der Waals surface area contributed by atoms with Crippen LogP contribution in [0.2, 0.25) is 0 Å². The summed E-state index contributed by atoms with van der Waals surface area (Å²) in [6.45, 7) is 9.07. The van der Waals surface area contributed by atoms with E-state index in [0.29, 0.717) is 31.1 Å². The molecule has 0 amide bonds. The quantitative estimate of drug-likeness (QED) is 0.565. The highest BCUT2D eigenvalue weighted by atomic mass is 16.6. The predicted molar refractivity (Wildman–Crippen MR) is 76.6 cm³/mol. The highest BCUT2D eigenvalue weighted by Crippen LogP contribution is 2.32. The van der Waals surface area contributed by atoms with Crippen molar-refractivity contribution in [3.63, 3.8) is 0 Å². The number of anilines is 1. The number of nitriles is 1. The summed E-state index contributed by atoms with van der Waals surface area (Å²) in [5.74, 6) is 0.318. The van der Waals surface area contributed by atoms with Gasteiger partial charge in [-0.2, -0.15) is 10.4 Å². The van der Waals surface area contributed by atoms with E-state index in [1.807, 2.05) is 25.7 Å². The van der Waals surface area contributed by atoms with Gasteiger partial charge in [0.1, 0.15) is 5.69 Å². The minimum atomic E-state index is -0.385. The van der Waals surface area contributed by atoms with Crippen LogP contribution in [0, 0.1) is 34.3 Å². The van der Waals surface area contributed by atoms with Crippen molar-refractivity contribution in [2.24, 2.45) is 5.92 Å². The van der Waals surface area contributed by atoms with Crippen molar-refractivity contribution < 1.29 is 4.92 Å². The van der Waals surface area contributed by atoms with Crippen LogP contribution in [0.1, 0.15) is 32.9 Å². The smallest absolute Gasteiger partial charge is 0.333 e. The Morgan fingerprint density at radius 1 is 1.55 bits per heavy atom. The van der Waals surface area contributed by atoms with Crippen LogP contribution < -0.4 is 4.90 Å². The second kappa shape index (κ2) is 6.89. The van der Waals surface area contributed by atoms with Crippen LogP contribution in [0.25, 0.3) is 0 Å². The molecular weight excluding hydrogens is 258 g/mol. The highest BCUT2D eigenvalue weighted by Gasteiger charge is 2.29. The molecule has 0 N–H and O–H groups in total. The van der Waals surface area contributed by atoms with E-state index in [0.717, 1.165) is 6.42 Å². The average Bonchev–Trinajstić information content (AvgIpc) is 2.72. The summed E-state index contributed by atoms with van der Waals surface area (Å²) >= 11 is 0. The lowest BCUT2D eigenvalue weighted by molar-refractivity contribution is -0.384. The Kier molecular flexibility index (Phi) is 5.50. The molecule has 20 heavy (non-hydrogen) atoms. The fraction of sp³-hybridized carbons (Fsp3) is 0.692. The van der Waals surface area contributed by atoms with Crippen molar-refractivity contribution in [1.29, 1.82) is 5.26 Å². The third kappa shape index (κ3) is 3.26. The first-order chi connectivity index (χ1) is 9.46. The maximum atomic E-state index is 11.3. The van der Waals surface area contributed by atoms with Crippen LogP contribution in [0.15, 0.2) is 0 Å².